The first kappa shape index (κ1) is 15.7. The van der Waals surface area contributed by atoms with Gasteiger partial charge in [-0.2, -0.15) is 0 Å². The molecule has 0 aliphatic carbocycles. The summed E-state index contributed by atoms with van der Waals surface area (Å²) in [6, 6.07) is 14.1. The van der Waals surface area contributed by atoms with E-state index >= 15 is 0 Å². The van der Waals surface area contributed by atoms with E-state index in [4.69, 9.17) is 16.0 Å². The summed E-state index contributed by atoms with van der Waals surface area (Å²) in [5, 5.41) is 4.16. The van der Waals surface area contributed by atoms with Gasteiger partial charge in [-0.1, -0.05) is 11.6 Å². The molecule has 1 N–H and O–H groups in total. The Kier molecular flexibility index (Phi) is 3.93. The summed E-state index contributed by atoms with van der Waals surface area (Å²) in [5.74, 6) is 0.0195. The lowest BCUT2D eigenvalue weighted by Gasteiger charge is -2.15. The second-order valence-electron chi connectivity index (χ2n) is 5.94. The number of carbonyl (C=O) groups excluding carboxylic acids is 2. The van der Waals surface area contributed by atoms with Crippen LogP contribution in [0.2, 0.25) is 5.02 Å². The molecule has 0 atom stereocenters. The van der Waals surface area contributed by atoms with E-state index in [1.54, 1.807) is 41.3 Å². The molecular weight excluding hydrogens is 340 g/mol. The summed E-state index contributed by atoms with van der Waals surface area (Å²) in [5.41, 5.74) is 2.09. The summed E-state index contributed by atoms with van der Waals surface area (Å²) >= 11 is 5.95. The lowest BCUT2D eigenvalue weighted by Crippen LogP contribution is -2.23. The number of hydrogen-bond donors (Lipinski definition) is 1. The van der Waals surface area contributed by atoms with Crippen LogP contribution < -0.4 is 10.2 Å². The quantitative estimate of drug-likeness (QED) is 0.755. The van der Waals surface area contributed by atoms with E-state index in [2.05, 4.69) is 5.32 Å². The number of rotatable bonds is 3. The number of anilines is 2. The molecule has 0 bridgehead atoms. The molecule has 126 valence electrons. The lowest BCUT2D eigenvalue weighted by molar-refractivity contribution is -0.117. The number of hydrogen-bond acceptors (Lipinski definition) is 3. The molecule has 6 heteroatoms. The van der Waals surface area contributed by atoms with Gasteiger partial charge in [0.15, 0.2) is 5.76 Å². The molecule has 2 aromatic carbocycles. The highest BCUT2D eigenvalue weighted by molar-refractivity contribution is 6.31. The van der Waals surface area contributed by atoms with Crippen LogP contribution in [-0.4, -0.2) is 18.4 Å². The number of nitrogens with zero attached hydrogens (tertiary/aromatic N) is 1. The molecule has 0 spiro atoms. The van der Waals surface area contributed by atoms with Gasteiger partial charge in [-0.15, -0.1) is 0 Å². The van der Waals surface area contributed by atoms with Crippen molar-refractivity contribution in [3.8, 4) is 0 Å². The Labute approximate surface area is 149 Å². The van der Waals surface area contributed by atoms with Crippen LogP contribution in [0.4, 0.5) is 11.4 Å². The summed E-state index contributed by atoms with van der Waals surface area (Å²) in [4.78, 5) is 25.9. The topological polar surface area (TPSA) is 62.6 Å². The van der Waals surface area contributed by atoms with Crippen LogP contribution in [-0.2, 0) is 4.79 Å². The highest BCUT2D eigenvalue weighted by Crippen LogP contribution is 2.25. The van der Waals surface area contributed by atoms with Crippen molar-refractivity contribution in [2.45, 2.75) is 12.8 Å². The normalized spacial score (nSPS) is 14.3. The minimum Gasteiger partial charge on any atom is -0.451 e. The average molecular weight is 355 g/mol. The maximum absolute atomic E-state index is 12.4. The first-order valence-electron chi connectivity index (χ1n) is 8.01. The minimum absolute atomic E-state index is 0.137. The molecule has 1 saturated heterocycles. The van der Waals surface area contributed by atoms with Gasteiger partial charge in [-0.3, -0.25) is 9.59 Å². The zero-order valence-corrected chi connectivity index (χ0v) is 14.0. The number of furan rings is 1. The van der Waals surface area contributed by atoms with E-state index in [0.717, 1.165) is 24.0 Å². The summed E-state index contributed by atoms with van der Waals surface area (Å²) in [6.07, 6.45) is 1.47. The fourth-order valence-electron chi connectivity index (χ4n) is 2.96. The van der Waals surface area contributed by atoms with Crippen LogP contribution in [0.25, 0.3) is 11.0 Å². The van der Waals surface area contributed by atoms with Gasteiger partial charge >= 0.3 is 0 Å². The second kappa shape index (κ2) is 6.26. The van der Waals surface area contributed by atoms with Crippen molar-refractivity contribution in [1.29, 1.82) is 0 Å². The van der Waals surface area contributed by atoms with E-state index in [1.807, 2.05) is 12.1 Å². The molecule has 4 rings (SSSR count). The largest absolute Gasteiger partial charge is 0.451 e. The first-order valence-corrected chi connectivity index (χ1v) is 8.39. The predicted molar refractivity (Wildman–Crippen MR) is 97.2 cm³/mol. The van der Waals surface area contributed by atoms with Gasteiger partial charge in [0.1, 0.15) is 5.58 Å². The highest BCUT2D eigenvalue weighted by atomic mass is 35.5. The van der Waals surface area contributed by atoms with Gasteiger partial charge in [-0.05, 0) is 55.0 Å². The molecule has 0 radical (unpaired) electrons. The molecule has 1 aromatic heterocycles. The van der Waals surface area contributed by atoms with Crippen LogP contribution in [0.5, 0.6) is 0 Å². The van der Waals surface area contributed by atoms with E-state index in [-0.39, 0.29) is 17.6 Å². The maximum atomic E-state index is 12.4. The van der Waals surface area contributed by atoms with Crippen LogP contribution in [0.1, 0.15) is 23.4 Å². The third kappa shape index (κ3) is 3.10. The fraction of sp³-hybridized carbons (Fsp3) is 0.158. The Bertz CT molecular complexity index is 962. The number of halogens is 1. The Hall–Kier alpha value is -2.79. The number of benzene rings is 2. The molecule has 0 saturated carbocycles. The van der Waals surface area contributed by atoms with E-state index < -0.39 is 0 Å². The molecule has 1 aliphatic heterocycles. The molecule has 1 fully saturated rings. The fourth-order valence-corrected chi connectivity index (χ4v) is 3.15. The standard InChI is InChI=1S/C19H15ClN2O3/c20-13-3-8-16-12(10-13)11-17(25-16)19(24)21-14-4-6-15(7-5-14)22-9-1-2-18(22)23/h3-8,10-11H,1-2,9H2,(H,21,24). The van der Waals surface area contributed by atoms with Gasteiger partial charge < -0.3 is 14.6 Å². The Morgan fingerprint density at radius 1 is 1.12 bits per heavy atom. The molecule has 25 heavy (non-hydrogen) atoms. The number of amides is 2. The van der Waals surface area contributed by atoms with E-state index in [0.29, 0.717) is 22.7 Å². The van der Waals surface area contributed by atoms with Gasteiger partial charge in [0.05, 0.1) is 0 Å². The summed E-state index contributed by atoms with van der Waals surface area (Å²) < 4.78 is 5.55. The molecule has 2 amide bonds. The molecule has 1 aliphatic rings. The minimum atomic E-state index is -0.336. The van der Waals surface area contributed by atoms with Crippen LogP contribution in [0, 0.1) is 0 Å². The maximum Gasteiger partial charge on any atom is 0.291 e. The third-order valence-corrected chi connectivity index (χ3v) is 4.45. The van der Waals surface area contributed by atoms with Crippen LogP contribution in [0.3, 0.4) is 0 Å². The smallest absolute Gasteiger partial charge is 0.291 e. The number of fused-ring (bicyclic) bond motifs is 1. The van der Waals surface area contributed by atoms with Crippen molar-refractivity contribution >= 4 is 45.8 Å². The SMILES string of the molecule is O=C(Nc1ccc(N2CCCC2=O)cc1)c1cc2cc(Cl)ccc2o1. The van der Waals surface area contributed by atoms with Crippen molar-refractivity contribution in [1.82, 2.24) is 0 Å². The summed E-state index contributed by atoms with van der Waals surface area (Å²) in [7, 11) is 0. The van der Waals surface area contributed by atoms with Crippen molar-refractivity contribution < 1.29 is 14.0 Å². The van der Waals surface area contributed by atoms with E-state index in [9.17, 15) is 9.59 Å². The molecule has 2 heterocycles. The average Bonchev–Trinajstić information content (AvgIpc) is 3.21. The molecular formula is C19H15ClN2O3. The number of nitrogens with one attached hydrogen (secondary N) is 1. The van der Waals surface area contributed by atoms with Crippen molar-refractivity contribution in [2.75, 3.05) is 16.8 Å². The lowest BCUT2D eigenvalue weighted by atomic mass is 10.2. The van der Waals surface area contributed by atoms with Crippen molar-refractivity contribution in [3.05, 3.63) is 59.3 Å². The zero-order valence-electron chi connectivity index (χ0n) is 13.3. The Balaban J connectivity index is 1.50. The van der Waals surface area contributed by atoms with Gasteiger partial charge in [0, 0.05) is 34.7 Å². The van der Waals surface area contributed by atoms with E-state index in [1.165, 1.54) is 0 Å². The van der Waals surface area contributed by atoms with Crippen LogP contribution >= 0.6 is 11.6 Å². The third-order valence-electron chi connectivity index (χ3n) is 4.21. The number of carbonyl (C=O) groups is 2. The Morgan fingerprint density at radius 2 is 1.92 bits per heavy atom. The van der Waals surface area contributed by atoms with Crippen LogP contribution in [0.15, 0.2) is 52.9 Å². The Morgan fingerprint density at radius 3 is 2.64 bits per heavy atom. The highest BCUT2D eigenvalue weighted by Gasteiger charge is 2.21. The van der Waals surface area contributed by atoms with Crippen molar-refractivity contribution in [2.24, 2.45) is 0 Å². The molecule has 0 unspecified atom stereocenters. The first-order chi connectivity index (χ1) is 12.1. The monoisotopic (exact) mass is 354 g/mol. The predicted octanol–water partition coefficient (Wildman–Crippen LogP) is 4.47. The van der Waals surface area contributed by atoms with Gasteiger partial charge in [0.2, 0.25) is 5.91 Å². The van der Waals surface area contributed by atoms with Crippen molar-refractivity contribution in [3.63, 3.8) is 0 Å². The second-order valence-corrected chi connectivity index (χ2v) is 6.38. The van der Waals surface area contributed by atoms with Gasteiger partial charge in [-0.25, -0.2) is 0 Å². The van der Waals surface area contributed by atoms with Gasteiger partial charge in [0.25, 0.3) is 5.91 Å². The summed E-state index contributed by atoms with van der Waals surface area (Å²) in [6.45, 7) is 0.742. The zero-order chi connectivity index (χ0) is 17.4. The molecule has 3 aromatic rings. The molecule has 5 nitrogen and oxygen atoms in total.